The molecule has 0 aromatic heterocycles. The van der Waals surface area contributed by atoms with Crippen molar-refractivity contribution in [2.24, 2.45) is 11.8 Å². The van der Waals surface area contributed by atoms with Crippen LogP contribution in [0.15, 0.2) is 0 Å². The van der Waals surface area contributed by atoms with Gasteiger partial charge in [0.2, 0.25) is 11.8 Å². The molecule has 102 valence electrons. The molecular formula is C12H20N2O4. The average Bonchev–Trinajstić information content (AvgIpc) is 2.72. The van der Waals surface area contributed by atoms with Crippen molar-refractivity contribution >= 4 is 17.8 Å². The van der Waals surface area contributed by atoms with Crippen LogP contribution in [0.1, 0.15) is 33.1 Å². The van der Waals surface area contributed by atoms with E-state index in [9.17, 15) is 14.4 Å². The molecule has 0 bridgehead atoms. The van der Waals surface area contributed by atoms with Crippen molar-refractivity contribution in [2.75, 3.05) is 6.54 Å². The quantitative estimate of drug-likeness (QED) is 0.651. The van der Waals surface area contributed by atoms with Crippen LogP contribution in [-0.4, -0.2) is 35.5 Å². The highest BCUT2D eigenvalue weighted by Crippen LogP contribution is 2.31. The molecule has 1 aliphatic rings. The van der Waals surface area contributed by atoms with Crippen LogP contribution < -0.4 is 10.6 Å². The molecule has 1 fully saturated rings. The number of carbonyl (C=O) groups excluding carboxylic acids is 2. The van der Waals surface area contributed by atoms with Crippen molar-refractivity contribution in [3.63, 3.8) is 0 Å². The van der Waals surface area contributed by atoms with Gasteiger partial charge in [-0.25, -0.2) is 0 Å². The Labute approximate surface area is 106 Å². The molecule has 0 spiro atoms. The Morgan fingerprint density at radius 2 is 2.00 bits per heavy atom. The molecule has 6 heteroatoms. The number of carbonyl (C=O) groups is 3. The van der Waals surface area contributed by atoms with Gasteiger partial charge in [0, 0.05) is 13.5 Å². The van der Waals surface area contributed by atoms with Crippen LogP contribution in [0.2, 0.25) is 0 Å². The van der Waals surface area contributed by atoms with Crippen LogP contribution in [-0.2, 0) is 14.4 Å². The van der Waals surface area contributed by atoms with E-state index >= 15 is 0 Å². The highest BCUT2D eigenvalue weighted by atomic mass is 16.4. The van der Waals surface area contributed by atoms with Gasteiger partial charge >= 0.3 is 5.97 Å². The minimum Gasteiger partial charge on any atom is -0.481 e. The van der Waals surface area contributed by atoms with E-state index in [-0.39, 0.29) is 23.7 Å². The SMILES string of the molecule is CC(=O)NC(C)C(=O)NCC1CCCC1C(=O)O. The van der Waals surface area contributed by atoms with E-state index in [0.29, 0.717) is 13.0 Å². The largest absolute Gasteiger partial charge is 0.481 e. The Bertz CT molecular complexity index is 343. The third kappa shape index (κ3) is 4.01. The van der Waals surface area contributed by atoms with Gasteiger partial charge in [-0.2, -0.15) is 0 Å². The fourth-order valence-corrected chi connectivity index (χ4v) is 2.36. The molecule has 1 rings (SSSR count). The fourth-order valence-electron chi connectivity index (χ4n) is 2.36. The Hall–Kier alpha value is -1.59. The summed E-state index contributed by atoms with van der Waals surface area (Å²) in [4.78, 5) is 33.4. The molecule has 0 radical (unpaired) electrons. The predicted octanol–water partition coefficient (Wildman–Crippen LogP) is 0.128. The Morgan fingerprint density at radius 3 is 2.56 bits per heavy atom. The highest BCUT2D eigenvalue weighted by Gasteiger charge is 2.33. The first-order valence-electron chi connectivity index (χ1n) is 6.19. The average molecular weight is 256 g/mol. The predicted molar refractivity (Wildman–Crippen MR) is 64.8 cm³/mol. The van der Waals surface area contributed by atoms with Crippen LogP contribution >= 0.6 is 0 Å². The number of hydrogen-bond acceptors (Lipinski definition) is 3. The molecule has 1 aliphatic carbocycles. The lowest BCUT2D eigenvalue weighted by Crippen LogP contribution is -2.45. The molecule has 3 unspecified atom stereocenters. The number of carboxylic acids is 1. The van der Waals surface area contributed by atoms with Gasteiger partial charge in [0.1, 0.15) is 6.04 Å². The summed E-state index contributed by atoms with van der Waals surface area (Å²) in [7, 11) is 0. The molecule has 0 aromatic rings. The molecule has 2 amide bonds. The van der Waals surface area contributed by atoms with Crippen molar-refractivity contribution in [3.05, 3.63) is 0 Å². The first-order valence-corrected chi connectivity index (χ1v) is 6.19. The number of aliphatic carboxylic acids is 1. The van der Waals surface area contributed by atoms with E-state index in [4.69, 9.17) is 5.11 Å². The van der Waals surface area contributed by atoms with Crippen LogP contribution in [0.4, 0.5) is 0 Å². The lowest BCUT2D eigenvalue weighted by Gasteiger charge is -2.18. The van der Waals surface area contributed by atoms with Crippen molar-refractivity contribution in [1.82, 2.24) is 10.6 Å². The molecule has 0 saturated heterocycles. The Balaban J connectivity index is 2.38. The normalized spacial score (nSPS) is 24.3. The van der Waals surface area contributed by atoms with Gasteiger partial charge in [-0.05, 0) is 25.7 Å². The minimum absolute atomic E-state index is 0.00372. The van der Waals surface area contributed by atoms with Gasteiger partial charge in [0.25, 0.3) is 0 Å². The Kier molecular flexibility index (Phi) is 5.12. The van der Waals surface area contributed by atoms with Crippen molar-refractivity contribution < 1.29 is 19.5 Å². The Morgan fingerprint density at radius 1 is 1.33 bits per heavy atom. The summed E-state index contributed by atoms with van der Waals surface area (Å²) in [6.45, 7) is 3.31. The zero-order valence-corrected chi connectivity index (χ0v) is 10.7. The number of rotatable bonds is 5. The third-order valence-electron chi connectivity index (χ3n) is 3.33. The van der Waals surface area contributed by atoms with Crippen LogP contribution in [0.5, 0.6) is 0 Å². The fraction of sp³-hybridized carbons (Fsp3) is 0.750. The molecular weight excluding hydrogens is 236 g/mol. The molecule has 18 heavy (non-hydrogen) atoms. The van der Waals surface area contributed by atoms with Crippen molar-refractivity contribution in [2.45, 2.75) is 39.2 Å². The van der Waals surface area contributed by atoms with Gasteiger partial charge in [0.05, 0.1) is 5.92 Å². The summed E-state index contributed by atoms with van der Waals surface area (Å²) in [5, 5.41) is 14.2. The summed E-state index contributed by atoms with van der Waals surface area (Å²) in [6, 6.07) is -0.591. The van der Waals surface area contributed by atoms with E-state index < -0.39 is 12.0 Å². The number of carboxylic acid groups (broad SMARTS) is 1. The topological polar surface area (TPSA) is 95.5 Å². The highest BCUT2D eigenvalue weighted by molar-refractivity contribution is 5.86. The summed E-state index contributed by atoms with van der Waals surface area (Å²) >= 11 is 0. The molecule has 0 aliphatic heterocycles. The molecule has 3 atom stereocenters. The number of hydrogen-bond donors (Lipinski definition) is 3. The van der Waals surface area contributed by atoms with Gasteiger partial charge in [-0.1, -0.05) is 6.42 Å². The zero-order chi connectivity index (χ0) is 13.7. The second kappa shape index (κ2) is 6.37. The van der Waals surface area contributed by atoms with Crippen LogP contribution in [0, 0.1) is 11.8 Å². The first-order chi connectivity index (χ1) is 8.41. The van der Waals surface area contributed by atoms with Crippen LogP contribution in [0.3, 0.4) is 0 Å². The summed E-state index contributed by atoms with van der Waals surface area (Å²) in [5.41, 5.74) is 0. The first kappa shape index (κ1) is 14.5. The molecule has 1 saturated carbocycles. The zero-order valence-electron chi connectivity index (χ0n) is 10.7. The third-order valence-corrected chi connectivity index (χ3v) is 3.33. The van der Waals surface area contributed by atoms with E-state index in [2.05, 4.69) is 10.6 Å². The monoisotopic (exact) mass is 256 g/mol. The molecule has 3 N–H and O–H groups in total. The van der Waals surface area contributed by atoms with E-state index in [1.54, 1.807) is 6.92 Å². The summed E-state index contributed by atoms with van der Waals surface area (Å²) in [6.07, 6.45) is 2.39. The van der Waals surface area contributed by atoms with Crippen molar-refractivity contribution in [3.8, 4) is 0 Å². The summed E-state index contributed by atoms with van der Waals surface area (Å²) < 4.78 is 0. The van der Waals surface area contributed by atoms with E-state index in [1.807, 2.05) is 0 Å². The van der Waals surface area contributed by atoms with E-state index in [1.165, 1.54) is 6.92 Å². The second-order valence-electron chi connectivity index (χ2n) is 4.80. The van der Waals surface area contributed by atoms with Crippen molar-refractivity contribution in [1.29, 1.82) is 0 Å². The van der Waals surface area contributed by atoms with Gasteiger partial charge in [-0.3, -0.25) is 14.4 Å². The van der Waals surface area contributed by atoms with Crippen LogP contribution in [0.25, 0.3) is 0 Å². The lowest BCUT2D eigenvalue weighted by molar-refractivity contribution is -0.143. The van der Waals surface area contributed by atoms with Gasteiger partial charge < -0.3 is 15.7 Å². The maximum Gasteiger partial charge on any atom is 0.306 e. The smallest absolute Gasteiger partial charge is 0.306 e. The second-order valence-corrected chi connectivity index (χ2v) is 4.80. The minimum atomic E-state index is -0.790. The maximum absolute atomic E-state index is 11.6. The molecule has 6 nitrogen and oxygen atoms in total. The van der Waals surface area contributed by atoms with Gasteiger partial charge in [-0.15, -0.1) is 0 Å². The lowest BCUT2D eigenvalue weighted by atomic mass is 9.96. The molecule has 0 aromatic carbocycles. The van der Waals surface area contributed by atoms with E-state index in [0.717, 1.165) is 12.8 Å². The number of nitrogens with one attached hydrogen (secondary N) is 2. The summed E-state index contributed by atoms with van der Waals surface area (Å²) in [5.74, 6) is -1.69. The number of amides is 2. The standard InChI is InChI=1S/C12H20N2O4/c1-7(14-8(2)15)11(16)13-6-9-4-3-5-10(9)12(17)18/h7,9-10H,3-6H2,1-2H3,(H,13,16)(H,14,15)(H,17,18). The van der Waals surface area contributed by atoms with Gasteiger partial charge in [0.15, 0.2) is 0 Å². The maximum atomic E-state index is 11.6. The molecule has 0 heterocycles.